The van der Waals surface area contributed by atoms with Crippen molar-refractivity contribution in [2.75, 3.05) is 26.3 Å². The molecule has 0 atom stereocenters. The van der Waals surface area contributed by atoms with E-state index < -0.39 is 10.0 Å². The van der Waals surface area contributed by atoms with Crippen LogP contribution in [0, 0.1) is 5.41 Å². The van der Waals surface area contributed by atoms with Crippen molar-refractivity contribution in [3.05, 3.63) is 0 Å². The van der Waals surface area contributed by atoms with E-state index in [4.69, 9.17) is 15.9 Å². The molecule has 1 aliphatic heterocycles. The van der Waals surface area contributed by atoms with Gasteiger partial charge in [0.15, 0.2) is 0 Å². The number of likely N-dealkylation sites (N-methyl/N-ethyl adjacent to an activating group) is 1. The molecule has 7 heteroatoms. The highest BCUT2D eigenvalue weighted by atomic mass is 32.2. The maximum Gasteiger partial charge on any atom is 0.217 e. The van der Waals surface area contributed by atoms with Crippen molar-refractivity contribution < 1.29 is 13.2 Å². The highest BCUT2D eigenvalue weighted by Crippen LogP contribution is 2.19. The first-order valence-corrected chi connectivity index (χ1v) is 6.88. The Hall–Kier alpha value is -0.660. The van der Waals surface area contributed by atoms with Crippen molar-refractivity contribution in [3.8, 4) is 0 Å². The van der Waals surface area contributed by atoms with Gasteiger partial charge in [0.2, 0.25) is 10.0 Å². The quantitative estimate of drug-likeness (QED) is 0.519. The third-order valence-electron chi connectivity index (χ3n) is 2.65. The van der Waals surface area contributed by atoms with Crippen LogP contribution in [-0.4, -0.2) is 50.1 Å². The van der Waals surface area contributed by atoms with E-state index in [0.29, 0.717) is 32.6 Å². The highest BCUT2D eigenvalue weighted by molar-refractivity contribution is 7.89. The number of nitrogens with one attached hydrogen (secondary N) is 1. The fraction of sp³-hybridized carbons (Fsp3) is 0.889. The van der Waals surface area contributed by atoms with E-state index in [1.165, 1.54) is 4.31 Å². The van der Waals surface area contributed by atoms with Gasteiger partial charge in [0, 0.05) is 19.8 Å². The molecule has 16 heavy (non-hydrogen) atoms. The fourth-order valence-corrected chi connectivity index (χ4v) is 3.65. The van der Waals surface area contributed by atoms with Crippen LogP contribution in [0.2, 0.25) is 0 Å². The summed E-state index contributed by atoms with van der Waals surface area (Å²) in [6.45, 7) is 3.05. The predicted molar refractivity (Wildman–Crippen MR) is 61.9 cm³/mol. The molecule has 0 aliphatic carbocycles. The topological polar surface area (TPSA) is 96.5 Å². The van der Waals surface area contributed by atoms with Crippen LogP contribution in [0.15, 0.2) is 0 Å². The first-order valence-electron chi connectivity index (χ1n) is 5.38. The zero-order valence-corrected chi connectivity index (χ0v) is 10.3. The van der Waals surface area contributed by atoms with Crippen LogP contribution in [-0.2, 0) is 14.8 Å². The van der Waals surface area contributed by atoms with Crippen LogP contribution < -0.4 is 5.73 Å². The SMILES string of the molecule is CCN(CC(=N)N)S(=O)(=O)C1CCOCC1. The summed E-state index contributed by atoms with van der Waals surface area (Å²) >= 11 is 0. The number of hydrogen-bond donors (Lipinski definition) is 2. The van der Waals surface area contributed by atoms with Crippen LogP contribution in [0.5, 0.6) is 0 Å². The van der Waals surface area contributed by atoms with Gasteiger partial charge in [-0.2, -0.15) is 4.31 Å². The summed E-state index contributed by atoms with van der Waals surface area (Å²) in [5.41, 5.74) is 5.25. The molecule has 0 spiro atoms. The molecule has 94 valence electrons. The Morgan fingerprint density at radius 3 is 2.50 bits per heavy atom. The molecule has 0 aromatic rings. The van der Waals surface area contributed by atoms with Crippen LogP contribution in [0.25, 0.3) is 0 Å². The van der Waals surface area contributed by atoms with Crippen molar-refractivity contribution in [2.45, 2.75) is 25.0 Å². The summed E-state index contributed by atoms with van der Waals surface area (Å²) in [7, 11) is -3.34. The lowest BCUT2D eigenvalue weighted by Crippen LogP contribution is -2.44. The van der Waals surface area contributed by atoms with Gasteiger partial charge >= 0.3 is 0 Å². The van der Waals surface area contributed by atoms with E-state index in [-0.39, 0.29) is 17.6 Å². The van der Waals surface area contributed by atoms with E-state index in [1.807, 2.05) is 0 Å². The lowest BCUT2D eigenvalue weighted by molar-refractivity contribution is 0.0973. The lowest BCUT2D eigenvalue weighted by atomic mass is 10.2. The van der Waals surface area contributed by atoms with Gasteiger partial charge in [-0.15, -0.1) is 0 Å². The first kappa shape index (κ1) is 13.4. The average Bonchev–Trinajstić information content (AvgIpc) is 2.26. The molecule has 0 saturated carbocycles. The smallest absolute Gasteiger partial charge is 0.217 e. The maximum atomic E-state index is 12.2. The Bertz CT molecular complexity index is 336. The Kier molecular flexibility index (Phi) is 4.69. The molecule has 1 fully saturated rings. The Labute approximate surface area is 96.3 Å². The normalized spacial score (nSPS) is 18.9. The second-order valence-corrected chi connectivity index (χ2v) is 6.02. The second kappa shape index (κ2) is 5.60. The number of nitrogens with two attached hydrogens (primary N) is 1. The largest absolute Gasteiger partial charge is 0.387 e. The molecule has 3 N–H and O–H groups in total. The summed E-state index contributed by atoms with van der Waals surface area (Å²) < 4.78 is 30.7. The minimum absolute atomic E-state index is 0.0177. The number of amidine groups is 1. The van der Waals surface area contributed by atoms with Gasteiger partial charge in [-0.25, -0.2) is 8.42 Å². The van der Waals surface area contributed by atoms with Gasteiger partial charge in [0.1, 0.15) is 5.84 Å². The summed E-state index contributed by atoms with van der Waals surface area (Å²) in [6, 6.07) is 0. The molecule has 0 amide bonds. The van der Waals surface area contributed by atoms with Crippen LogP contribution >= 0.6 is 0 Å². The molecule has 1 saturated heterocycles. The second-order valence-electron chi connectivity index (χ2n) is 3.81. The van der Waals surface area contributed by atoms with Crippen molar-refractivity contribution in [1.82, 2.24) is 4.31 Å². The molecule has 1 aliphatic rings. The van der Waals surface area contributed by atoms with Gasteiger partial charge in [0.25, 0.3) is 0 Å². The van der Waals surface area contributed by atoms with Crippen molar-refractivity contribution in [1.29, 1.82) is 5.41 Å². The molecule has 1 rings (SSSR count). The number of nitrogens with zero attached hydrogens (tertiary/aromatic N) is 1. The summed E-state index contributed by atoms with van der Waals surface area (Å²) in [5, 5.41) is 6.78. The molecule has 0 bridgehead atoms. The van der Waals surface area contributed by atoms with Crippen molar-refractivity contribution in [2.24, 2.45) is 5.73 Å². The maximum absolute atomic E-state index is 12.2. The van der Waals surface area contributed by atoms with Crippen molar-refractivity contribution >= 4 is 15.9 Å². The zero-order valence-electron chi connectivity index (χ0n) is 9.48. The standard InChI is InChI=1S/C9H19N3O3S/c1-2-12(7-9(10)11)16(13,14)8-3-5-15-6-4-8/h8H,2-7H2,1H3,(H3,10,11). The molecule has 0 radical (unpaired) electrons. The summed E-state index contributed by atoms with van der Waals surface area (Å²) in [4.78, 5) is 0. The molecular formula is C9H19N3O3S. The van der Waals surface area contributed by atoms with Gasteiger partial charge in [-0.3, -0.25) is 5.41 Å². The van der Waals surface area contributed by atoms with Gasteiger partial charge < -0.3 is 10.5 Å². The molecule has 0 aromatic heterocycles. The van der Waals surface area contributed by atoms with E-state index in [2.05, 4.69) is 0 Å². The van der Waals surface area contributed by atoms with Crippen LogP contribution in [0.4, 0.5) is 0 Å². The highest BCUT2D eigenvalue weighted by Gasteiger charge is 2.32. The Morgan fingerprint density at radius 2 is 2.06 bits per heavy atom. The molecule has 0 unspecified atom stereocenters. The van der Waals surface area contributed by atoms with E-state index in [9.17, 15) is 8.42 Å². The minimum Gasteiger partial charge on any atom is -0.387 e. The monoisotopic (exact) mass is 249 g/mol. The van der Waals surface area contributed by atoms with E-state index >= 15 is 0 Å². The molecule has 0 aromatic carbocycles. The molecule has 6 nitrogen and oxygen atoms in total. The number of sulfonamides is 1. The molecular weight excluding hydrogens is 230 g/mol. The summed E-state index contributed by atoms with van der Waals surface area (Å²) in [5.74, 6) is -0.127. The molecule has 1 heterocycles. The fourth-order valence-electron chi connectivity index (χ4n) is 1.76. The van der Waals surface area contributed by atoms with Gasteiger partial charge in [-0.05, 0) is 12.8 Å². The van der Waals surface area contributed by atoms with Gasteiger partial charge in [-0.1, -0.05) is 6.92 Å². The summed E-state index contributed by atoms with van der Waals surface area (Å²) in [6.07, 6.45) is 1.05. The third kappa shape index (κ3) is 3.16. The van der Waals surface area contributed by atoms with Crippen molar-refractivity contribution in [3.63, 3.8) is 0 Å². The zero-order chi connectivity index (χ0) is 12.2. The van der Waals surface area contributed by atoms with Gasteiger partial charge in [0.05, 0.1) is 11.8 Å². The van der Waals surface area contributed by atoms with E-state index in [1.54, 1.807) is 6.92 Å². The number of ether oxygens (including phenoxy) is 1. The average molecular weight is 249 g/mol. The number of rotatable bonds is 5. The third-order valence-corrected chi connectivity index (χ3v) is 5.07. The predicted octanol–water partition coefficient (Wildman–Crippen LogP) is -0.247. The van der Waals surface area contributed by atoms with E-state index in [0.717, 1.165) is 0 Å². The Morgan fingerprint density at radius 1 is 1.50 bits per heavy atom. The first-order chi connectivity index (χ1) is 7.48. The van der Waals surface area contributed by atoms with Crippen LogP contribution in [0.1, 0.15) is 19.8 Å². The van der Waals surface area contributed by atoms with Crippen LogP contribution in [0.3, 0.4) is 0 Å². The number of hydrogen-bond acceptors (Lipinski definition) is 4. The Balaban J connectivity index is 2.76. The minimum atomic E-state index is -3.34. The lowest BCUT2D eigenvalue weighted by Gasteiger charge is -2.28.